The van der Waals surface area contributed by atoms with Crippen LogP contribution in [0.15, 0.2) is 12.4 Å². The number of aryl methyl sites for hydroxylation is 1. The fraction of sp³-hybridized carbons (Fsp3) is 0.667. The van der Waals surface area contributed by atoms with Gasteiger partial charge in [-0.25, -0.2) is 4.98 Å². The van der Waals surface area contributed by atoms with E-state index in [1.165, 1.54) is 0 Å². The third kappa shape index (κ3) is 3.16. The van der Waals surface area contributed by atoms with E-state index in [9.17, 15) is 0 Å². The highest BCUT2D eigenvalue weighted by molar-refractivity contribution is 4.89. The lowest BCUT2D eigenvalue weighted by Gasteiger charge is -2.04. The Bertz CT molecular complexity index is 235. The summed E-state index contributed by atoms with van der Waals surface area (Å²) >= 11 is 0. The second-order valence-corrected chi connectivity index (χ2v) is 2.89. The molecule has 4 nitrogen and oxygen atoms in total. The first-order valence-corrected chi connectivity index (χ1v) is 4.48. The second-order valence-electron chi connectivity index (χ2n) is 2.89. The Morgan fingerprint density at radius 3 is 3.08 bits per heavy atom. The molecule has 0 atom stereocenters. The van der Waals surface area contributed by atoms with Gasteiger partial charge in [-0.05, 0) is 12.8 Å². The van der Waals surface area contributed by atoms with Crippen LogP contribution in [0.4, 0.5) is 0 Å². The van der Waals surface area contributed by atoms with Crippen LogP contribution in [0.2, 0.25) is 0 Å². The minimum absolute atomic E-state index is 0.0112. The van der Waals surface area contributed by atoms with Crippen LogP contribution >= 0.6 is 0 Å². The predicted octanol–water partition coefficient (Wildman–Crippen LogP) is 0.802. The van der Waals surface area contributed by atoms with Gasteiger partial charge >= 0.3 is 0 Å². The smallest absolute Gasteiger partial charge is 0.134 e. The number of imidazole rings is 1. The lowest BCUT2D eigenvalue weighted by Crippen LogP contribution is -2.03. The molecule has 4 heteroatoms. The minimum atomic E-state index is 0.0112. The number of ether oxygens (including phenoxy) is 1. The molecular formula is C9H16N2O2. The van der Waals surface area contributed by atoms with Crippen molar-refractivity contribution in [1.82, 2.24) is 9.55 Å². The first-order valence-electron chi connectivity index (χ1n) is 4.48. The van der Waals surface area contributed by atoms with Crippen molar-refractivity contribution in [3.05, 3.63) is 18.2 Å². The summed E-state index contributed by atoms with van der Waals surface area (Å²) in [6.07, 6.45) is 5.69. The third-order valence-electron chi connectivity index (χ3n) is 1.94. The van der Waals surface area contributed by atoms with Gasteiger partial charge in [0.25, 0.3) is 0 Å². The van der Waals surface area contributed by atoms with Crippen LogP contribution in [0, 0.1) is 0 Å². The van der Waals surface area contributed by atoms with E-state index in [1.54, 1.807) is 13.3 Å². The van der Waals surface area contributed by atoms with E-state index in [1.807, 2.05) is 10.8 Å². The number of methoxy groups -OCH3 is 1. The standard InChI is InChI=1S/C9H16N2O2/c1-13-7-3-2-5-11-6-4-10-9(11)8-12/h4,6,12H,2-3,5,7-8H2,1H3. The highest BCUT2D eigenvalue weighted by Crippen LogP contribution is 2.01. The molecule has 0 amide bonds. The maximum atomic E-state index is 8.90. The summed E-state index contributed by atoms with van der Waals surface area (Å²) in [5, 5.41) is 8.90. The first-order chi connectivity index (χ1) is 6.38. The molecule has 0 aliphatic rings. The summed E-state index contributed by atoms with van der Waals surface area (Å²) in [7, 11) is 1.70. The minimum Gasteiger partial charge on any atom is -0.388 e. The van der Waals surface area contributed by atoms with E-state index in [4.69, 9.17) is 9.84 Å². The molecule has 0 aliphatic heterocycles. The van der Waals surface area contributed by atoms with Gasteiger partial charge in [0.05, 0.1) is 0 Å². The summed E-state index contributed by atoms with van der Waals surface area (Å²) in [4.78, 5) is 4.02. The Kier molecular flexibility index (Phi) is 4.49. The quantitative estimate of drug-likeness (QED) is 0.665. The Labute approximate surface area is 78.2 Å². The summed E-state index contributed by atoms with van der Waals surface area (Å²) in [5.74, 6) is 0.734. The highest BCUT2D eigenvalue weighted by Gasteiger charge is 1.99. The van der Waals surface area contributed by atoms with E-state index in [-0.39, 0.29) is 6.61 Å². The molecule has 0 saturated heterocycles. The van der Waals surface area contributed by atoms with Crippen LogP contribution < -0.4 is 0 Å². The van der Waals surface area contributed by atoms with Crippen LogP contribution in [0.25, 0.3) is 0 Å². The van der Waals surface area contributed by atoms with Crippen molar-refractivity contribution in [2.24, 2.45) is 0 Å². The van der Waals surface area contributed by atoms with Crippen molar-refractivity contribution in [2.45, 2.75) is 26.0 Å². The number of aromatic nitrogens is 2. The molecule has 0 radical (unpaired) electrons. The molecule has 0 aliphatic carbocycles. The van der Waals surface area contributed by atoms with Crippen molar-refractivity contribution < 1.29 is 9.84 Å². The van der Waals surface area contributed by atoms with Gasteiger partial charge in [0.15, 0.2) is 0 Å². The third-order valence-corrected chi connectivity index (χ3v) is 1.94. The number of unbranched alkanes of at least 4 members (excludes halogenated alkanes) is 1. The lowest BCUT2D eigenvalue weighted by molar-refractivity contribution is 0.190. The lowest BCUT2D eigenvalue weighted by atomic mass is 10.3. The number of hydrogen-bond donors (Lipinski definition) is 1. The monoisotopic (exact) mass is 184 g/mol. The SMILES string of the molecule is COCCCCn1ccnc1CO. The molecule has 1 heterocycles. The average molecular weight is 184 g/mol. The van der Waals surface area contributed by atoms with E-state index in [2.05, 4.69) is 4.98 Å². The molecule has 0 saturated carbocycles. The molecule has 0 aromatic carbocycles. The van der Waals surface area contributed by atoms with Gasteiger partial charge in [-0.15, -0.1) is 0 Å². The molecule has 0 fully saturated rings. The van der Waals surface area contributed by atoms with Crippen molar-refractivity contribution in [1.29, 1.82) is 0 Å². The Hall–Kier alpha value is -0.870. The van der Waals surface area contributed by atoms with E-state index in [0.717, 1.165) is 31.8 Å². The largest absolute Gasteiger partial charge is 0.388 e. The number of hydrogen-bond acceptors (Lipinski definition) is 3. The fourth-order valence-electron chi connectivity index (χ4n) is 1.22. The van der Waals surface area contributed by atoms with Gasteiger partial charge in [0, 0.05) is 32.7 Å². The summed E-state index contributed by atoms with van der Waals surface area (Å²) in [6.45, 7) is 1.71. The predicted molar refractivity (Wildman–Crippen MR) is 49.3 cm³/mol. The Balaban J connectivity index is 2.27. The molecule has 74 valence electrons. The van der Waals surface area contributed by atoms with Gasteiger partial charge in [0.1, 0.15) is 12.4 Å². The fourth-order valence-corrected chi connectivity index (χ4v) is 1.22. The van der Waals surface area contributed by atoms with Crippen LogP contribution in [0.3, 0.4) is 0 Å². The molecule has 0 bridgehead atoms. The van der Waals surface area contributed by atoms with Crippen LogP contribution in [-0.4, -0.2) is 28.4 Å². The van der Waals surface area contributed by atoms with Gasteiger partial charge in [-0.2, -0.15) is 0 Å². The van der Waals surface area contributed by atoms with E-state index in [0.29, 0.717) is 0 Å². The second kappa shape index (κ2) is 5.72. The molecule has 1 N–H and O–H groups in total. The highest BCUT2D eigenvalue weighted by atomic mass is 16.5. The summed E-state index contributed by atoms with van der Waals surface area (Å²) < 4.78 is 6.91. The van der Waals surface area contributed by atoms with Crippen LogP contribution in [0.5, 0.6) is 0 Å². The van der Waals surface area contributed by atoms with E-state index >= 15 is 0 Å². The van der Waals surface area contributed by atoms with Crippen molar-refractivity contribution >= 4 is 0 Å². The molecule has 1 rings (SSSR count). The van der Waals surface area contributed by atoms with Gasteiger partial charge in [0.2, 0.25) is 0 Å². The van der Waals surface area contributed by atoms with Crippen molar-refractivity contribution in [2.75, 3.05) is 13.7 Å². The van der Waals surface area contributed by atoms with Crippen LogP contribution in [0.1, 0.15) is 18.7 Å². The van der Waals surface area contributed by atoms with Gasteiger partial charge in [-0.3, -0.25) is 0 Å². The summed E-state index contributed by atoms with van der Waals surface area (Å²) in [6, 6.07) is 0. The maximum Gasteiger partial charge on any atom is 0.134 e. The Morgan fingerprint density at radius 2 is 2.38 bits per heavy atom. The zero-order chi connectivity index (χ0) is 9.52. The number of aliphatic hydroxyl groups excluding tert-OH is 1. The van der Waals surface area contributed by atoms with Crippen molar-refractivity contribution in [3.8, 4) is 0 Å². The zero-order valence-corrected chi connectivity index (χ0v) is 7.94. The molecule has 0 spiro atoms. The molecular weight excluding hydrogens is 168 g/mol. The van der Waals surface area contributed by atoms with Crippen molar-refractivity contribution in [3.63, 3.8) is 0 Å². The normalized spacial score (nSPS) is 10.6. The molecule has 1 aromatic heterocycles. The Morgan fingerprint density at radius 1 is 1.54 bits per heavy atom. The van der Waals surface area contributed by atoms with E-state index < -0.39 is 0 Å². The summed E-state index contributed by atoms with van der Waals surface area (Å²) in [5.41, 5.74) is 0. The zero-order valence-electron chi connectivity index (χ0n) is 7.94. The number of aliphatic hydroxyl groups is 1. The van der Waals surface area contributed by atoms with Gasteiger partial charge < -0.3 is 14.4 Å². The molecule has 0 unspecified atom stereocenters. The molecule has 13 heavy (non-hydrogen) atoms. The average Bonchev–Trinajstić information content (AvgIpc) is 2.60. The topological polar surface area (TPSA) is 47.3 Å². The molecule has 1 aromatic rings. The van der Waals surface area contributed by atoms with Gasteiger partial charge in [-0.1, -0.05) is 0 Å². The first kappa shape index (κ1) is 10.2. The van der Waals surface area contributed by atoms with Crippen LogP contribution in [-0.2, 0) is 17.9 Å². The number of rotatable bonds is 6. The number of nitrogens with zero attached hydrogens (tertiary/aromatic N) is 2. The maximum absolute atomic E-state index is 8.90.